The van der Waals surface area contributed by atoms with E-state index < -0.39 is 0 Å². The Bertz CT molecular complexity index is 410. The van der Waals surface area contributed by atoms with Crippen molar-refractivity contribution in [2.24, 2.45) is 0 Å². The van der Waals surface area contributed by atoms with E-state index in [0.29, 0.717) is 18.2 Å². The van der Waals surface area contributed by atoms with Crippen molar-refractivity contribution in [1.29, 1.82) is 0 Å². The molecule has 0 saturated carbocycles. The lowest BCUT2D eigenvalue weighted by atomic mass is 9.94. The van der Waals surface area contributed by atoms with Gasteiger partial charge in [-0.3, -0.25) is 0 Å². The Morgan fingerprint density at radius 1 is 1.67 bits per heavy atom. The Morgan fingerprint density at radius 3 is 3.00 bits per heavy atom. The molecule has 1 heterocycles. The van der Waals surface area contributed by atoms with Crippen molar-refractivity contribution in [2.45, 2.75) is 19.4 Å². The molecule has 1 rings (SSSR count). The summed E-state index contributed by atoms with van der Waals surface area (Å²) in [5.41, 5.74) is 2.06. The number of carbonyl (C=O) groups excluding carboxylic acids is 1. The molecule has 0 aromatic rings. The lowest BCUT2D eigenvalue weighted by Gasteiger charge is -2.25. The predicted octanol–water partition coefficient (Wildman–Crippen LogP) is 2.70. The Kier molecular flexibility index (Phi) is 5.89. The lowest BCUT2D eigenvalue weighted by Crippen LogP contribution is -2.34. The van der Waals surface area contributed by atoms with Crippen LogP contribution in [-0.4, -0.2) is 25.2 Å². The van der Waals surface area contributed by atoms with Gasteiger partial charge in [-0.25, -0.2) is 4.79 Å². The molecule has 0 radical (unpaired) electrons. The van der Waals surface area contributed by atoms with Crippen molar-refractivity contribution in [3.8, 4) is 0 Å². The molecule has 0 aromatic heterocycles. The van der Waals surface area contributed by atoms with Crippen molar-refractivity contribution in [2.75, 3.05) is 13.2 Å². The van der Waals surface area contributed by atoms with Gasteiger partial charge in [-0.05, 0) is 30.6 Å². The number of hydrogen-bond donors (Lipinski definition) is 1. The zero-order valence-electron chi connectivity index (χ0n) is 10.5. The molecule has 0 aromatic carbocycles. The number of carbonyl (C=O) groups is 1. The molecule has 1 unspecified atom stereocenters. The summed E-state index contributed by atoms with van der Waals surface area (Å²) >= 11 is 5.77. The molecule has 0 bridgehead atoms. The highest BCUT2D eigenvalue weighted by Crippen LogP contribution is 2.22. The zero-order valence-corrected chi connectivity index (χ0v) is 11.3. The number of allylic oxidation sites excluding steroid dienone is 2. The first-order valence-corrected chi connectivity index (χ1v) is 6.22. The van der Waals surface area contributed by atoms with E-state index in [0.717, 1.165) is 17.6 Å². The average Bonchev–Trinajstić information content (AvgIpc) is 2.30. The molecule has 1 atom stereocenters. The number of nitrogens with one attached hydrogen (secondary N) is 1. The summed E-state index contributed by atoms with van der Waals surface area (Å²) in [6, 6.07) is 0.0853. The minimum absolute atomic E-state index is 0.0853. The van der Waals surface area contributed by atoms with Crippen molar-refractivity contribution in [1.82, 2.24) is 5.32 Å². The molecule has 1 fully saturated rings. The van der Waals surface area contributed by atoms with E-state index in [9.17, 15) is 4.79 Å². The molecule has 1 aliphatic heterocycles. The molecule has 98 valence electrons. The van der Waals surface area contributed by atoms with Crippen LogP contribution in [0.2, 0.25) is 0 Å². The van der Waals surface area contributed by atoms with Crippen molar-refractivity contribution in [3.05, 3.63) is 47.6 Å². The quantitative estimate of drug-likeness (QED) is 0.629. The van der Waals surface area contributed by atoms with Crippen molar-refractivity contribution in [3.63, 3.8) is 0 Å². The van der Waals surface area contributed by atoms with Gasteiger partial charge in [0, 0.05) is 23.7 Å². The summed E-state index contributed by atoms with van der Waals surface area (Å²) in [5.74, 6) is -0.323. The van der Waals surface area contributed by atoms with Gasteiger partial charge in [-0.15, -0.1) is 0 Å². The van der Waals surface area contributed by atoms with E-state index in [1.165, 1.54) is 6.08 Å². The Morgan fingerprint density at radius 2 is 2.39 bits per heavy atom. The number of ether oxygens (including phenoxy) is 1. The van der Waals surface area contributed by atoms with Gasteiger partial charge in [0.05, 0.1) is 6.61 Å². The molecule has 1 aliphatic rings. The van der Waals surface area contributed by atoms with Crippen LogP contribution in [0.25, 0.3) is 0 Å². The first-order valence-electron chi connectivity index (χ1n) is 5.84. The highest BCUT2D eigenvalue weighted by atomic mass is 35.5. The van der Waals surface area contributed by atoms with Crippen molar-refractivity contribution >= 4 is 17.6 Å². The first kappa shape index (κ1) is 14.7. The van der Waals surface area contributed by atoms with E-state index in [-0.39, 0.29) is 12.0 Å². The molecule has 1 saturated heterocycles. The van der Waals surface area contributed by atoms with Gasteiger partial charge in [0.15, 0.2) is 0 Å². The fourth-order valence-corrected chi connectivity index (χ4v) is 1.82. The Hall–Kier alpha value is -1.32. The molecule has 0 spiro atoms. The third-order valence-electron chi connectivity index (χ3n) is 2.55. The third kappa shape index (κ3) is 4.90. The number of esters is 1. The number of rotatable bonds is 4. The summed E-state index contributed by atoms with van der Waals surface area (Å²) in [5, 5.41) is 3.75. The van der Waals surface area contributed by atoms with Crippen LogP contribution in [-0.2, 0) is 9.53 Å². The minimum Gasteiger partial charge on any atom is -0.463 e. The van der Waals surface area contributed by atoms with Crippen LogP contribution in [0.5, 0.6) is 0 Å². The molecule has 18 heavy (non-hydrogen) atoms. The SMILES string of the molecule is C=C(Cl)C=C1CC(C=CC(=O)OCC)NCC1=C. The molecule has 4 heteroatoms. The number of halogens is 1. The second-order valence-electron chi connectivity index (χ2n) is 4.02. The molecular formula is C14H18ClNO2. The minimum atomic E-state index is -0.323. The maximum absolute atomic E-state index is 11.2. The van der Waals surface area contributed by atoms with E-state index in [1.807, 2.05) is 6.08 Å². The lowest BCUT2D eigenvalue weighted by molar-refractivity contribution is -0.137. The number of hydrogen-bond acceptors (Lipinski definition) is 3. The van der Waals surface area contributed by atoms with Gasteiger partial charge in [0.2, 0.25) is 0 Å². The van der Waals surface area contributed by atoms with Gasteiger partial charge >= 0.3 is 5.97 Å². The third-order valence-corrected chi connectivity index (χ3v) is 2.66. The molecular weight excluding hydrogens is 250 g/mol. The van der Waals surface area contributed by atoms with Crippen molar-refractivity contribution < 1.29 is 9.53 Å². The highest BCUT2D eigenvalue weighted by molar-refractivity contribution is 6.30. The van der Waals surface area contributed by atoms with E-state index in [2.05, 4.69) is 18.5 Å². The largest absolute Gasteiger partial charge is 0.463 e. The maximum Gasteiger partial charge on any atom is 0.330 e. The van der Waals surface area contributed by atoms with E-state index in [4.69, 9.17) is 16.3 Å². The van der Waals surface area contributed by atoms with Gasteiger partial charge in [0.25, 0.3) is 0 Å². The Labute approximate surface area is 113 Å². The average molecular weight is 268 g/mol. The first-order chi connectivity index (χ1) is 8.52. The zero-order chi connectivity index (χ0) is 13.5. The van der Waals surface area contributed by atoms with Crippen LogP contribution in [0, 0.1) is 0 Å². The van der Waals surface area contributed by atoms with Crippen LogP contribution < -0.4 is 5.32 Å². The molecule has 0 amide bonds. The molecule has 1 N–H and O–H groups in total. The maximum atomic E-state index is 11.2. The number of piperidine rings is 1. The summed E-state index contributed by atoms with van der Waals surface area (Å²) in [4.78, 5) is 11.2. The fourth-order valence-electron chi connectivity index (χ4n) is 1.69. The van der Waals surface area contributed by atoms with Gasteiger partial charge in [-0.2, -0.15) is 0 Å². The summed E-state index contributed by atoms with van der Waals surface area (Å²) in [6.07, 6.45) is 5.80. The van der Waals surface area contributed by atoms with Gasteiger partial charge in [0.1, 0.15) is 0 Å². The fraction of sp³-hybridized carbons (Fsp3) is 0.357. The summed E-state index contributed by atoms with van der Waals surface area (Å²) < 4.78 is 4.82. The van der Waals surface area contributed by atoms with E-state index >= 15 is 0 Å². The van der Waals surface area contributed by atoms with Crippen LogP contribution in [0.4, 0.5) is 0 Å². The van der Waals surface area contributed by atoms with Crippen LogP contribution in [0.1, 0.15) is 13.3 Å². The second-order valence-corrected chi connectivity index (χ2v) is 4.51. The van der Waals surface area contributed by atoms with Gasteiger partial charge in [-0.1, -0.05) is 30.8 Å². The summed E-state index contributed by atoms with van der Waals surface area (Å²) in [7, 11) is 0. The molecule has 0 aliphatic carbocycles. The topological polar surface area (TPSA) is 38.3 Å². The smallest absolute Gasteiger partial charge is 0.330 e. The monoisotopic (exact) mass is 267 g/mol. The normalized spacial score (nSPS) is 22.4. The van der Waals surface area contributed by atoms with Crippen LogP contribution in [0.3, 0.4) is 0 Å². The standard InChI is InChI=1S/C14H18ClNO2/c1-4-18-14(17)6-5-13-8-12(7-11(3)15)10(2)9-16-13/h5-7,13,16H,2-4,8-9H2,1H3. The van der Waals surface area contributed by atoms with Crippen LogP contribution in [0.15, 0.2) is 47.6 Å². The molecule has 3 nitrogen and oxygen atoms in total. The van der Waals surface area contributed by atoms with Gasteiger partial charge < -0.3 is 10.1 Å². The van der Waals surface area contributed by atoms with E-state index in [1.54, 1.807) is 13.0 Å². The second kappa shape index (κ2) is 7.19. The highest BCUT2D eigenvalue weighted by Gasteiger charge is 2.17. The Balaban J connectivity index is 2.62. The van der Waals surface area contributed by atoms with Crippen LogP contribution >= 0.6 is 11.6 Å². The summed E-state index contributed by atoms with van der Waals surface area (Å²) in [6.45, 7) is 10.4. The predicted molar refractivity (Wildman–Crippen MR) is 74.4 cm³/mol.